The normalized spacial score (nSPS) is 23.0. The van der Waals surface area contributed by atoms with Gasteiger partial charge in [0, 0.05) is 43.2 Å². The minimum atomic E-state index is 0.301. The van der Waals surface area contributed by atoms with Gasteiger partial charge in [-0.05, 0) is 19.8 Å². The van der Waals surface area contributed by atoms with Crippen molar-refractivity contribution in [2.24, 2.45) is 4.99 Å². The largest absolute Gasteiger partial charge is 0.357 e. The van der Waals surface area contributed by atoms with Crippen LogP contribution in [0.2, 0.25) is 0 Å². The lowest BCUT2D eigenvalue weighted by Crippen LogP contribution is -2.55. The van der Waals surface area contributed by atoms with E-state index in [2.05, 4.69) is 40.8 Å². The Morgan fingerprint density at radius 1 is 1.23 bits per heavy atom. The molecule has 4 nitrogen and oxygen atoms in total. The highest BCUT2D eigenvalue weighted by Gasteiger charge is 2.38. The average molecular weight is 325 g/mol. The van der Waals surface area contributed by atoms with Gasteiger partial charge in [-0.15, -0.1) is 6.58 Å². The molecule has 1 heterocycles. The zero-order valence-electron chi connectivity index (χ0n) is 14.1. The monoisotopic (exact) mass is 324 g/mol. The molecule has 2 aliphatic rings. The van der Waals surface area contributed by atoms with Crippen molar-refractivity contribution in [2.45, 2.75) is 44.6 Å². The van der Waals surface area contributed by atoms with Crippen LogP contribution in [0.4, 0.5) is 0 Å². The third-order valence-corrected chi connectivity index (χ3v) is 5.70. The molecular weight excluding hydrogens is 292 g/mol. The fourth-order valence-electron chi connectivity index (χ4n) is 3.56. The first-order valence-electron chi connectivity index (χ1n) is 8.76. The van der Waals surface area contributed by atoms with Gasteiger partial charge in [0.1, 0.15) is 0 Å². The molecule has 5 heteroatoms. The Balaban J connectivity index is 2.05. The summed E-state index contributed by atoms with van der Waals surface area (Å²) in [5.74, 6) is 3.49. The highest BCUT2D eigenvalue weighted by Crippen LogP contribution is 2.35. The molecule has 1 aliphatic carbocycles. The summed E-state index contributed by atoms with van der Waals surface area (Å²) in [6.45, 7) is 10.9. The van der Waals surface area contributed by atoms with Gasteiger partial charge in [-0.25, -0.2) is 0 Å². The summed E-state index contributed by atoms with van der Waals surface area (Å²) in [6.07, 6.45) is 8.60. The highest BCUT2D eigenvalue weighted by molar-refractivity contribution is 7.99. The Morgan fingerprint density at radius 3 is 2.59 bits per heavy atom. The number of hydrogen-bond donors (Lipinski definition) is 2. The molecule has 0 aromatic rings. The number of hydrogen-bond acceptors (Lipinski definition) is 3. The van der Waals surface area contributed by atoms with Gasteiger partial charge < -0.3 is 10.6 Å². The molecule has 126 valence electrons. The molecule has 0 aromatic heterocycles. The predicted molar refractivity (Wildman–Crippen MR) is 98.9 cm³/mol. The number of nitrogens with one attached hydrogen (secondary N) is 2. The lowest BCUT2D eigenvalue weighted by Gasteiger charge is -2.47. The van der Waals surface area contributed by atoms with Crippen LogP contribution in [-0.2, 0) is 0 Å². The van der Waals surface area contributed by atoms with Crippen LogP contribution in [0.15, 0.2) is 17.6 Å². The molecule has 1 aliphatic heterocycles. The first-order chi connectivity index (χ1) is 10.8. The van der Waals surface area contributed by atoms with E-state index in [4.69, 9.17) is 4.99 Å². The quantitative estimate of drug-likeness (QED) is 0.447. The molecule has 0 amide bonds. The van der Waals surface area contributed by atoms with Crippen LogP contribution in [0.3, 0.4) is 0 Å². The van der Waals surface area contributed by atoms with E-state index < -0.39 is 0 Å². The maximum Gasteiger partial charge on any atom is 0.191 e. The third kappa shape index (κ3) is 4.92. The van der Waals surface area contributed by atoms with E-state index in [0.717, 1.165) is 25.6 Å². The minimum Gasteiger partial charge on any atom is -0.357 e. The summed E-state index contributed by atoms with van der Waals surface area (Å²) < 4.78 is 0. The zero-order chi connectivity index (χ0) is 15.7. The Hall–Kier alpha value is -0.680. The standard InChI is InChI=1S/C17H32N4S/c1-3-10-19-16(18-4-2)20-15-17(8-6-5-7-9-17)21-11-13-22-14-12-21/h3H,1,4-15H2,2H3,(H2,18,19,20). The van der Waals surface area contributed by atoms with Gasteiger partial charge in [-0.2, -0.15) is 11.8 Å². The van der Waals surface area contributed by atoms with E-state index in [1.165, 1.54) is 56.7 Å². The van der Waals surface area contributed by atoms with Gasteiger partial charge in [-0.3, -0.25) is 9.89 Å². The smallest absolute Gasteiger partial charge is 0.191 e. The number of thioether (sulfide) groups is 1. The van der Waals surface area contributed by atoms with Gasteiger partial charge in [0.2, 0.25) is 0 Å². The van der Waals surface area contributed by atoms with Crippen LogP contribution in [0.1, 0.15) is 39.0 Å². The van der Waals surface area contributed by atoms with Crippen molar-refractivity contribution in [3.05, 3.63) is 12.7 Å². The van der Waals surface area contributed by atoms with Crippen LogP contribution in [0, 0.1) is 0 Å². The molecule has 0 aromatic carbocycles. The summed E-state index contributed by atoms with van der Waals surface area (Å²) in [7, 11) is 0. The van der Waals surface area contributed by atoms with Crippen molar-refractivity contribution in [2.75, 3.05) is 44.2 Å². The number of guanidine groups is 1. The van der Waals surface area contributed by atoms with Gasteiger partial charge in [0.25, 0.3) is 0 Å². The van der Waals surface area contributed by atoms with Crippen molar-refractivity contribution in [1.29, 1.82) is 0 Å². The Morgan fingerprint density at radius 2 is 1.95 bits per heavy atom. The van der Waals surface area contributed by atoms with E-state index >= 15 is 0 Å². The van der Waals surface area contributed by atoms with Gasteiger partial charge in [0.05, 0.1) is 6.54 Å². The summed E-state index contributed by atoms with van der Waals surface area (Å²) >= 11 is 2.09. The van der Waals surface area contributed by atoms with E-state index in [9.17, 15) is 0 Å². The van der Waals surface area contributed by atoms with Gasteiger partial charge in [0.15, 0.2) is 5.96 Å². The molecule has 2 rings (SSSR count). The summed E-state index contributed by atoms with van der Waals surface area (Å²) in [4.78, 5) is 7.66. The Bertz CT molecular complexity index is 358. The van der Waals surface area contributed by atoms with E-state index in [1.807, 2.05) is 6.08 Å². The van der Waals surface area contributed by atoms with E-state index in [-0.39, 0.29) is 0 Å². The van der Waals surface area contributed by atoms with Crippen molar-refractivity contribution >= 4 is 17.7 Å². The number of nitrogens with zero attached hydrogens (tertiary/aromatic N) is 2. The van der Waals surface area contributed by atoms with E-state index in [1.54, 1.807) is 0 Å². The Kier molecular flexibility index (Phi) is 7.60. The van der Waals surface area contributed by atoms with Crippen LogP contribution in [-0.4, -0.2) is 60.6 Å². The SMILES string of the molecule is C=CCNC(=NCC1(N2CCSCC2)CCCCC1)NCC. The van der Waals surface area contributed by atoms with Crippen LogP contribution < -0.4 is 10.6 Å². The first-order valence-corrected chi connectivity index (χ1v) is 9.92. The second-order valence-corrected chi connectivity index (χ2v) is 7.47. The second-order valence-electron chi connectivity index (χ2n) is 6.25. The molecule has 1 saturated heterocycles. The molecule has 0 atom stereocenters. The Labute approximate surface area is 140 Å². The number of rotatable bonds is 6. The highest BCUT2D eigenvalue weighted by atomic mass is 32.2. The van der Waals surface area contributed by atoms with Crippen LogP contribution in [0.25, 0.3) is 0 Å². The number of aliphatic imine (C=N–C) groups is 1. The van der Waals surface area contributed by atoms with Crippen molar-refractivity contribution in [3.63, 3.8) is 0 Å². The molecule has 22 heavy (non-hydrogen) atoms. The molecular formula is C17H32N4S. The van der Waals surface area contributed by atoms with Crippen molar-refractivity contribution in [1.82, 2.24) is 15.5 Å². The summed E-state index contributed by atoms with van der Waals surface area (Å²) in [5.41, 5.74) is 0.301. The molecule has 0 radical (unpaired) electrons. The molecule has 2 N–H and O–H groups in total. The second kappa shape index (κ2) is 9.46. The molecule has 0 spiro atoms. The summed E-state index contributed by atoms with van der Waals surface area (Å²) in [6, 6.07) is 0. The molecule has 0 bridgehead atoms. The average Bonchev–Trinajstić information content (AvgIpc) is 2.59. The van der Waals surface area contributed by atoms with Gasteiger partial charge >= 0.3 is 0 Å². The third-order valence-electron chi connectivity index (χ3n) is 4.76. The van der Waals surface area contributed by atoms with Crippen LogP contribution >= 0.6 is 11.8 Å². The minimum absolute atomic E-state index is 0.301. The predicted octanol–water partition coefficient (Wildman–Crippen LogP) is 2.48. The fraction of sp³-hybridized carbons (Fsp3) is 0.824. The van der Waals surface area contributed by atoms with Crippen molar-refractivity contribution < 1.29 is 0 Å². The van der Waals surface area contributed by atoms with Crippen molar-refractivity contribution in [3.8, 4) is 0 Å². The van der Waals surface area contributed by atoms with Crippen LogP contribution in [0.5, 0.6) is 0 Å². The topological polar surface area (TPSA) is 39.7 Å². The maximum atomic E-state index is 4.92. The summed E-state index contributed by atoms with van der Waals surface area (Å²) in [5, 5.41) is 6.67. The maximum absolute atomic E-state index is 4.92. The molecule has 2 fully saturated rings. The molecule has 1 saturated carbocycles. The first kappa shape index (κ1) is 17.7. The van der Waals surface area contributed by atoms with E-state index in [0.29, 0.717) is 5.54 Å². The lowest BCUT2D eigenvalue weighted by atomic mass is 9.80. The van der Waals surface area contributed by atoms with Gasteiger partial charge in [-0.1, -0.05) is 25.3 Å². The molecule has 0 unspecified atom stereocenters. The zero-order valence-corrected chi connectivity index (χ0v) is 14.9. The lowest BCUT2D eigenvalue weighted by molar-refractivity contribution is 0.0672. The fourth-order valence-corrected chi connectivity index (χ4v) is 4.46.